The molecule has 0 spiro atoms. The molecule has 25 heavy (non-hydrogen) atoms. The van der Waals surface area contributed by atoms with Crippen molar-refractivity contribution in [2.75, 3.05) is 22.8 Å². The topological polar surface area (TPSA) is 79.2 Å². The molecular weight excluding hydrogens is 363 g/mol. The normalized spacial score (nSPS) is 10.9. The van der Waals surface area contributed by atoms with E-state index in [1.807, 2.05) is 6.07 Å². The first-order chi connectivity index (χ1) is 12.0. The van der Waals surface area contributed by atoms with Crippen LogP contribution in [0, 0.1) is 17.1 Å². The Morgan fingerprint density at radius 1 is 1.16 bits per heavy atom. The highest BCUT2D eigenvalue weighted by molar-refractivity contribution is 7.99. The number of anilines is 1. The molecule has 0 heterocycles. The SMILES string of the molecule is N#CCCSc1ccccc1NS(=O)(=O)CCOc1ccc(F)cc1. The van der Waals surface area contributed by atoms with Gasteiger partial charge >= 0.3 is 0 Å². The lowest BCUT2D eigenvalue weighted by Crippen LogP contribution is -2.21. The van der Waals surface area contributed by atoms with Crippen LogP contribution in [0.5, 0.6) is 5.75 Å². The van der Waals surface area contributed by atoms with Crippen molar-refractivity contribution in [2.45, 2.75) is 11.3 Å². The van der Waals surface area contributed by atoms with Crippen LogP contribution < -0.4 is 9.46 Å². The highest BCUT2D eigenvalue weighted by Gasteiger charge is 2.13. The van der Waals surface area contributed by atoms with E-state index in [0.29, 0.717) is 23.6 Å². The number of ether oxygens (including phenoxy) is 1. The zero-order valence-electron chi connectivity index (χ0n) is 13.3. The molecule has 0 aliphatic carbocycles. The van der Waals surface area contributed by atoms with Crippen molar-refractivity contribution in [3.8, 4) is 11.8 Å². The van der Waals surface area contributed by atoms with Crippen molar-refractivity contribution in [1.29, 1.82) is 5.26 Å². The number of nitriles is 1. The van der Waals surface area contributed by atoms with Crippen molar-refractivity contribution in [1.82, 2.24) is 0 Å². The summed E-state index contributed by atoms with van der Waals surface area (Å²) in [7, 11) is -3.59. The molecule has 5 nitrogen and oxygen atoms in total. The van der Waals surface area contributed by atoms with Crippen molar-refractivity contribution in [2.24, 2.45) is 0 Å². The van der Waals surface area contributed by atoms with Gasteiger partial charge in [0.1, 0.15) is 23.9 Å². The number of hydrogen-bond donors (Lipinski definition) is 1. The smallest absolute Gasteiger partial charge is 0.236 e. The number of nitrogens with zero attached hydrogens (tertiary/aromatic N) is 1. The Labute approximate surface area is 150 Å². The highest BCUT2D eigenvalue weighted by atomic mass is 32.2. The minimum Gasteiger partial charge on any atom is -0.492 e. The molecule has 132 valence electrons. The van der Waals surface area contributed by atoms with E-state index in [1.54, 1.807) is 18.2 Å². The van der Waals surface area contributed by atoms with Crippen molar-refractivity contribution < 1.29 is 17.5 Å². The molecular formula is C17H17FN2O3S2. The minimum atomic E-state index is -3.59. The van der Waals surface area contributed by atoms with Gasteiger partial charge in [-0.3, -0.25) is 4.72 Å². The standard InChI is InChI=1S/C17H17FN2O3S2/c18-14-6-8-15(9-7-14)23-11-13-25(21,22)20-16-4-1-2-5-17(16)24-12-3-10-19/h1-2,4-9,20H,3,11-13H2. The van der Waals surface area contributed by atoms with E-state index in [4.69, 9.17) is 10.00 Å². The molecule has 8 heteroatoms. The van der Waals surface area contributed by atoms with Gasteiger partial charge in [0.05, 0.1) is 11.8 Å². The summed E-state index contributed by atoms with van der Waals surface area (Å²) >= 11 is 1.42. The molecule has 0 bridgehead atoms. The van der Waals surface area contributed by atoms with E-state index >= 15 is 0 Å². The molecule has 0 amide bonds. The first kappa shape index (κ1) is 19.1. The van der Waals surface area contributed by atoms with Gasteiger partial charge in [0.25, 0.3) is 0 Å². The monoisotopic (exact) mass is 380 g/mol. The fourth-order valence-corrected chi connectivity index (χ4v) is 3.75. The van der Waals surface area contributed by atoms with Crippen LogP contribution in [0.2, 0.25) is 0 Å². The lowest BCUT2D eigenvalue weighted by Gasteiger charge is -2.12. The average Bonchev–Trinajstić information content (AvgIpc) is 2.58. The molecule has 0 aromatic heterocycles. The largest absolute Gasteiger partial charge is 0.492 e. The molecule has 0 aliphatic heterocycles. The van der Waals surface area contributed by atoms with Gasteiger partial charge in [-0.1, -0.05) is 12.1 Å². The number of halogens is 1. The zero-order chi connectivity index (χ0) is 18.1. The van der Waals surface area contributed by atoms with Crippen molar-refractivity contribution in [3.63, 3.8) is 0 Å². The van der Waals surface area contributed by atoms with Gasteiger partial charge in [-0.15, -0.1) is 11.8 Å². The van der Waals surface area contributed by atoms with E-state index in [1.165, 1.54) is 36.0 Å². The Balaban J connectivity index is 1.92. The third kappa shape index (κ3) is 6.64. The van der Waals surface area contributed by atoms with Crippen LogP contribution >= 0.6 is 11.8 Å². The molecule has 0 radical (unpaired) electrons. The van der Waals surface area contributed by atoms with E-state index < -0.39 is 10.0 Å². The molecule has 2 aromatic carbocycles. The molecule has 2 aromatic rings. The quantitative estimate of drug-likeness (QED) is 0.531. The third-order valence-electron chi connectivity index (χ3n) is 3.06. The van der Waals surface area contributed by atoms with Gasteiger partial charge in [-0.2, -0.15) is 5.26 Å². The van der Waals surface area contributed by atoms with Crippen LogP contribution in [0.25, 0.3) is 0 Å². The summed E-state index contributed by atoms with van der Waals surface area (Å²) in [6.07, 6.45) is 0.386. The predicted molar refractivity (Wildman–Crippen MR) is 96.7 cm³/mol. The summed E-state index contributed by atoms with van der Waals surface area (Å²) in [4.78, 5) is 0.765. The Morgan fingerprint density at radius 2 is 1.88 bits per heavy atom. The number of nitrogens with one attached hydrogen (secondary N) is 1. The highest BCUT2D eigenvalue weighted by Crippen LogP contribution is 2.28. The van der Waals surface area contributed by atoms with Crippen molar-refractivity contribution in [3.05, 3.63) is 54.3 Å². The molecule has 0 atom stereocenters. The maximum absolute atomic E-state index is 12.8. The molecule has 2 rings (SSSR count). The summed E-state index contributed by atoms with van der Waals surface area (Å²) in [5.41, 5.74) is 0.479. The Bertz CT molecular complexity index is 834. The van der Waals surface area contributed by atoms with Crippen LogP contribution in [0.4, 0.5) is 10.1 Å². The van der Waals surface area contributed by atoms with E-state index in [2.05, 4.69) is 10.8 Å². The minimum absolute atomic E-state index is 0.0509. The second kappa shape index (κ2) is 9.30. The maximum atomic E-state index is 12.8. The number of hydrogen-bond acceptors (Lipinski definition) is 5. The summed E-state index contributed by atoms with van der Waals surface area (Å²) in [5.74, 6) is 0.376. The summed E-state index contributed by atoms with van der Waals surface area (Å²) in [6.45, 7) is -0.0509. The Kier molecular flexibility index (Phi) is 7.10. The van der Waals surface area contributed by atoms with E-state index in [0.717, 1.165) is 4.90 Å². The van der Waals surface area contributed by atoms with Crippen LogP contribution in [0.15, 0.2) is 53.4 Å². The number of para-hydroxylation sites is 1. The summed E-state index contributed by atoms with van der Waals surface area (Å²) < 4.78 is 45.1. The number of thioether (sulfide) groups is 1. The first-order valence-corrected chi connectivity index (χ1v) is 10.1. The van der Waals surface area contributed by atoms with Crippen molar-refractivity contribution >= 4 is 27.5 Å². The second-order valence-electron chi connectivity index (χ2n) is 4.98. The van der Waals surface area contributed by atoms with Crippen LogP contribution in [0.3, 0.4) is 0 Å². The van der Waals surface area contributed by atoms with Gasteiger partial charge in [-0.25, -0.2) is 12.8 Å². The number of sulfonamides is 1. The predicted octanol–water partition coefficient (Wildman–Crippen LogP) is 3.65. The maximum Gasteiger partial charge on any atom is 0.236 e. The van der Waals surface area contributed by atoms with Gasteiger partial charge in [-0.05, 0) is 36.4 Å². The average molecular weight is 380 g/mol. The molecule has 0 saturated carbocycles. The fourth-order valence-electron chi connectivity index (χ4n) is 1.90. The lowest BCUT2D eigenvalue weighted by molar-refractivity contribution is 0.340. The van der Waals surface area contributed by atoms with Gasteiger partial charge in [0.15, 0.2) is 0 Å². The number of benzene rings is 2. The molecule has 0 unspecified atom stereocenters. The fraction of sp³-hybridized carbons (Fsp3) is 0.235. The molecule has 0 saturated heterocycles. The third-order valence-corrected chi connectivity index (χ3v) is 5.37. The Morgan fingerprint density at radius 3 is 2.60 bits per heavy atom. The number of rotatable bonds is 9. The Hall–Kier alpha value is -2.24. The van der Waals surface area contributed by atoms with Crippen LogP contribution in [-0.4, -0.2) is 26.5 Å². The molecule has 0 aliphatic rings. The van der Waals surface area contributed by atoms with Gasteiger partial charge in [0, 0.05) is 17.1 Å². The lowest BCUT2D eigenvalue weighted by atomic mass is 10.3. The zero-order valence-corrected chi connectivity index (χ0v) is 14.9. The second-order valence-corrected chi connectivity index (χ2v) is 7.95. The summed E-state index contributed by atoms with van der Waals surface area (Å²) in [5, 5.41) is 8.60. The van der Waals surface area contributed by atoms with Crippen LogP contribution in [-0.2, 0) is 10.0 Å². The van der Waals surface area contributed by atoms with Crippen LogP contribution in [0.1, 0.15) is 6.42 Å². The first-order valence-electron chi connectivity index (χ1n) is 7.48. The van der Waals surface area contributed by atoms with E-state index in [-0.39, 0.29) is 18.2 Å². The van der Waals surface area contributed by atoms with E-state index in [9.17, 15) is 12.8 Å². The molecule has 0 fully saturated rings. The molecule has 1 N–H and O–H groups in total. The summed E-state index contributed by atoms with van der Waals surface area (Å²) in [6, 6.07) is 14.4. The van der Waals surface area contributed by atoms with Gasteiger partial charge in [0.2, 0.25) is 10.0 Å². The van der Waals surface area contributed by atoms with Gasteiger partial charge < -0.3 is 4.74 Å².